The summed E-state index contributed by atoms with van der Waals surface area (Å²) in [5.41, 5.74) is 0. The molecule has 0 aromatic heterocycles. The van der Waals surface area contributed by atoms with Crippen LogP contribution in [0.3, 0.4) is 0 Å². The van der Waals surface area contributed by atoms with E-state index in [1.165, 1.54) is 0 Å². The van der Waals surface area contributed by atoms with Crippen LogP contribution < -0.4 is 5.32 Å². The molecule has 0 radical (unpaired) electrons. The van der Waals surface area contributed by atoms with Gasteiger partial charge in [0.1, 0.15) is 0 Å². The van der Waals surface area contributed by atoms with Crippen molar-refractivity contribution >= 4 is 11.8 Å². The summed E-state index contributed by atoms with van der Waals surface area (Å²) in [4.78, 5) is 24.3. The van der Waals surface area contributed by atoms with E-state index in [9.17, 15) is 9.59 Å². The molecule has 1 saturated heterocycles. The first kappa shape index (κ1) is 10.8. The minimum atomic E-state index is -0.0607. The zero-order valence-electron chi connectivity index (χ0n) is 8.29. The Kier molecular flexibility index (Phi) is 4.16. The third-order valence-electron chi connectivity index (χ3n) is 2.18. The van der Waals surface area contributed by atoms with Crippen LogP contribution in [-0.2, 0) is 9.59 Å². The van der Waals surface area contributed by atoms with Gasteiger partial charge in [0.25, 0.3) is 0 Å². The van der Waals surface area contributed by atoms with Gasteiger partial charge in [0.05, 0.1) is 6.54 Å². The summed E-state index contributed by atoms with van der Waals surface area (Å²) >= 11 is 0. The predicted molar refractivity (Wildman–Crippen MR) is 53.6 cm³/mol. The second-order valence-corrected chi connectivity index (χ2v) is 3.35. The maximum Gasteiger partial charge on any atom is 0.239 e. The number of allylic oxidation sites excluding steroid dienone is 1. The lowest BCUT2D eigenvalue weighted by molar-refractivity contribution is -0.135. The SMILES string of the molecule is C=CCCC(=O)N1CCCNC(=O)C1. The molecule has 2 amide bonds. The molecule has 1 aliphatic heterocycles. The molecular weight excluding hydrogens is 180 g/mol. The van der Waals surface area contributed by atoms with Gasteiger partial charge < -0.3 is 10.2 Å². The number of rotatable bonds is 3. The lowest BCUT2D eigenvalue weighted by atomic mass is 10.2. The molecule has 1 heterocycles. The van der Waals surface area contributed by atoms with Crippen LogP contribution in [0.25, 0.3) is 0 Å². The average molecular weight is 196 g/mol. The normalized spacial score (nSPS) is 17.1. The quantitative estimate of drug-likeness (QED) is 0.660. The molecule has 0 spiro atoms. The molecule has 4 heteroatoms. The first-order valence-electron chi connectivity index (χ1n) is 4.89. The smallest absolute Gasteiger partial charge is 0.239 e. The summed E-state index contributed by atoms with van der Waals surface area (Å²) in [7, 11) is 0. The van der Waals surface area contributed by atoms with Gasteiger partial charge in [-0.15, -0.1) is 6.58 Å². The molecule has 0 bridgehead atoms. The van der Waals surface area contributed by atoms with E-state index in [1.807, 2.05) is 0 Å². The lowest BCUT2D eigenvalue weighted by Gasteiger charge is -2.18. The number of carbonyl (C=O) groups excluding carboxylic acids is 2. The second kappa shape index (κ2) is 5.42. The molecule has 0 aliphatic carbocycles. The monoisotopic (exact) mass is 196 g/mol. The molecule has 1 fully saturated rings. The first-order chi connectivity index (χ1) is 6.74. The number of hydrogen-bond donors (Lipinski definition) is 1. The minimum absolute atomic E-state index is 0.0435. The molecule has 0 saturated carbocycles. The Morgan fingerprint density at radius 2 is 2.43 bits per heavy atom. The van der Waals surface area contributed by atoms with Gasteiger partial charge in [0.15, 0.2) is 0 Å². The van der Waals surface area contributed by atoms with Crippen molar-refractivity contribution in [3.63, 3.8) is 0 Å². The van der Waals surface area contributed by atoms with Crippen molar-refractivity contribution in [1.82, 2.24) is 10.2 Å². The number of hydrogen-bond acceptors (Lipinski definition) is 2. The molecule has 0 atom stereocenters. The van der Waals surface area contributed by atoms with Crippen LogP contribution in [0.2, 0.25) is 0 Å². The maximum absolute atomic E-state index is 11.6. The van der Waals surface area contributed by atoms with Crippen LogP contribution in [0.4, 0.5) is 0 Å². The highest BCUT2D eigenvalue weighted by Gasteiger charge is 2.18. The summed E-state index contributed by atoms with van der Waals surface area (Å²) in [6.45, 7) is 5.11. The molecule has 1 N–H and O–H groups in total. The van der Waals surface area contributed by atoms with Gasteiger partial charge in [0, 0.05) is 19.5 Å². The van der Waals surface area contributed by atoms with Crippen LogP contribution in [0.5, 0.6) is 0 Å². The van der Waals surface area contributed by atoms with Gasteiger partial charge in [-0.1, -0.05) is 6.08 Å². The minimum Gasteiger partial charge on any atom is -0.354 e. The van der Waals surface area contributed by atoms with Crippen molar-refractivity contribution in [1.29, 1.82) is 0 Å². The van der Waals surface area contributed by atoms with Gasteiger partial charge in [0.2, 0.25) is 11.8 Å². The van der Waals surface area contributed by atoms with Gasteiger partial charge in [-0.25, -0.2) is 0 Å². The third kappa shape index (κ3) is 3.20. The van der Waals surface area contributed by atoms with E-state index in [2.05, 4.69) is 11.9 Å². The summed E-state index contributed by atoms with van der Waals surface area (Å²) in [5.74, 6) is -0.0172. The Labute approximate surface area is 84.0 Å². The van der Waals surface area contributed by atoms with Crippen molar-refractivity contribution in [3.05, 3.63) is 12.7 Å². The first-order valence-corrected chi connectivity index (χ1v) is 4.89. The Morgan fingerprint density at radius 1 is 1.64 bits per heavy atom. The van der Waals surface area contributed by atoms with Crippen LogP contribution in [0.1, 0.15) is 19.3 Å². The summed E-state index contributed by atoms with van der Waals surface area (Å²) < 4.78 is 0. The fraction of sp³-hybridized carbons (Fsp3) is 0.600. The Bertz CT molecular complexity index is 238. The summed E-state index contributed by atoms with van der Waals surface area (Å²) in [6, 6.07) is 0. The average Bonchev–Trinajstić information content (AvgIpc) is 2.39. The van der Waals surface area contributed by atoms with E-state index in [1.54, 1.807) is 11.0 Å². The summed E-state index contributed by atoms with van der Waals surface area (Å²) in [6.07, 6.45) is 3.69. The topological polar surface area (TPSA) is 49.4 Å². The number of carbonyl (C=O) groups is 2. The maximum atomic E-state index is 11.6. The highest BCUT2D eigenvalue weighted by Crippen LogP contribution is 2.02. The van der Waals surface area contributed by atoms with Crippen LogP contribution in [0, 0.1) is 0 Å². The van der Waals surface area contributed by atoms with Gasteiger partial charge >= 0.3 is 0 Å². The number of amides is 2. The molecular formula is C10H16N2O2. The Balaban J connectivity index is 2.43. The molecule has 0 unspecified atom stereocenters. The Morgan fingerprint density at radius 3 is 3.14 bits per heavy atom. The second-order valence-electron chi connectivity index (χ2n) is 3.35. The molecule has 0 aromatic rings. The number of nitrogens with one attached hydrogen (secondary N) is 1. The molecule has 0 aromatic carbocycles. The largest absolute Gasteiger partial charge is 0.354 e. The third-order valence-corrected chi connectivity index (χ3v) is 2.18. The van der Waals surface area contributed by atoms with Gasteiger partial charge in [-0.05, 0) is 12.8 Å². The van der Waals surface area contributed by atoms with E-state index >= 15 is 0 Å². The fourth-order valence-corrected chi connectivity index (χ4v) is 1.40. The highest BCUT2D eigenvalue weighted by molar-refractivity contribution is 5.85. The van der Waals surface area contributed by atoms with E-state index in [4.69, 9.17) is 0 Å². The fourth-order valence-electron chi connectivity index (χ4n) is 1.40. The van der Waals surface area contributed by atoms with Crippen molar-refractivity contribution in [3.8, 4) is 0 Å². The van der Waals surface area contributed by atoms with E-state index in [0.29, 0.717) is 25.9 Å². The highest BCUT2D eigenvalue weighted by atomic mass is 16.2. The standard InChI is InChI=1S/C10H16N2O2/c1-2-3-5-10(14)12-7-4-6-11-9(13)8-12/h2H,1,3-8H2,(H,11,13). The molecule has 78 valence electrons. The molecule has 4 nitrogen and oxygen atoms in total. The van der Waals surface area contributed by atoms with E-state index in [-0.39, 0.29) is 18.4 Å². The van der Waals surface area contributed by atoms with Gasteiger partial charge in [-0.2, -0.15) is 0 Å². The van der Waals surface area contributed by atoms with Crippen LogP contribution in [0.15, 0.2) is 12.7 Å². The van der Waals surface area contributed by atoms with E-state index < -0.39 is 0 Å². The zero-order chi connectivity index (χ0) is 10.4. The number of nitrogens with zero attached hydrogens (tertiary/aromatic N) is 1. The summed E-state index contributed by atoms with van der Waals surface area (Å²) in [5, 5.41) is 2.73. The predicted octanol–water partition coefficient (Wildman–Crippen LogP) is 0.301. The molecule has 14 heavy (non-hydrogen) atoms. The molecule has 1 rings (SSSR count). The van der Waals surface area contributed by atoms with Crippen LogP contribution >= 0.6 is 0 Å². The van der Waals surface area contributed by atoms with Crippen LogP contribution in [-0.4, -0.2) is 36.3 Å². The Hall–Kier alpha value is -1.32. The van der Waals surface area contributed by atoms with Crippen molar-refractivity contribution in [2.45, 2.75) is 19.3 Å². The van der Waals surface area contributed by atoms with Gasteiger partial charge in [-0.3, -0.25) is 9.59 Å². The van der Waals surface area contributed by atoms with Crippen molar-refractivity contribution in [2.75, 3.05) is 19.6 Å². The van der Waals surface area contributed by atoms with E-state index in [0.717, 1.165) is 6.42 Å². The zero-order valence-corrected chi connectivity index (χ0v) is 8.29. The van der Waals surface area contributed by atoms with Crippen molar-refractivity contribution in [2.24, 2.45) is 0 Å². The molecule has 1 aliphatic rings. The lowest BCUT2D eigenvalue weighted by Crippen LogP contribution is -2.37. The van der Waals surface area contributed by atoms with Crippen molar-refractivity contribution < 1.29 is 9.59 Å².